The SMILES string of the molecule is CCO[Si](C)(C)CCCNC(=O)c1ccc(-c2ccc(C(=O)O)c(C(=O)NCCC[Si](C)(C)OCC)c2)cc1C(=O)O. The molecule has 0 heterocycles. The molecule has 2 aromatic carbocycles. The van der Waals surface area contributed by atoms with Gasteiger partial charge in [0.2, 0.25) is 0 Å². The molecule has 0 aliphatic rings. The van der Waals surface area contributed by atoms with Crippen LogP contribution in [0.1, 0.15) is 68.1 Å². The summed E-state index contributed by atoms with van der Waals surface area (Å²) < 4.78 is 11.6. The van der Waals surface area contributed by atoms with E-state index in [0.29, 0.717) is 43.9 Å². The van der Waals surface area contributed by atoms with Crippen LogP contribution in [0, 0.1) is 0 Å². The summed E-state index contributed by atoms with van der Waals surface area (Å²) in [6.45, 7) is 14.4. The van der Waals surface area contributed by atoms with Crippen LogP contribution in [0.25, 0.3) is 11.1 Å². The number of aromatic carboxylic acids is 2. The number of hydrogen-bond acceptors (Lipinski definition) is 6. The molecular weight excluding hydrogens is 573 g/mol. The monoisotopic (exact) mass is 616 g/mol. The zero-order valence-electron chi connectivity index (χ0n) is 25.5. The van der Waals surface area contributed by atoms with Gasteiger partial charge in [0.15, 0.2) is 16.6 Å². The Kier molecular flexibility index (Phi) is 13.1. The van der Waals surface area contributed by atoms with Gasteiger partial charge in [-0.3, -0.25) is 9.59 Å². The number of amides is 2. The van der Waals surface area contributed by atoms with Crippen LogP contribution in [-0.4, -0.2) is 76.9 Å². The lowest BCUT2D eigenvalue weighted by atomic mass is 9.95. The summed E-state index contributed by atoms with van der Waals surface area (Å²) in [6, 6.07) is 10.4. The summed E-state index contributed by atoms with van der Waals surface area (Å²) in [4.78, 5) is 49.8. The van der Waals surface area contributed by atoms with Gasteiger partial charge in [0.25, 0.3) is 11.8 Å². The van der Waals surface area contributed by atoms with Crippen molar-refractivity contribution >= 4 is 40.4 Å². The Hall–Kier alpha value is -3.33. The second-order valence-electron chi connectivity index (χ2n) is 11.2. The van der Waals surface area contributed by atoms with Gasteiger partial charge < -0.3 is 29.7 Å². The highest BCUT2D eigenvalue weighted by Gasteiger charge is 2.24. The lowest BCUT2D eigenvalue weighted by Crippen LogP contribution is -2.32. The van der Waals surface area contributed by atoms with Gasteiger partial charge in [-0.05, 0) is 100 Å². The van der Waals surface area contributed by atoms with Gasteiger partial charge in [0.1, 0.15) is 0 Å². The zero-order chi connectivity index (χ0) is 31.5. The van der Waals surface area contributed by atoms with Crippen LogP contribution < -0.4 is 10.6 Å². The molecule has 0 spiro atoms. The Morgan fingerprint density at radius 2 is 1.05 bits per heavy atom. The van der Waals surface area contributed by atoms with Crippen LogP contribution in [0.4, 0.5) is 0 Å². The molecule has 0 unspecified atom stereocenters. The largest absolute Gasteiger partial charge is 0.478 e. The highest BCUT2D eigenvalue weighted by molar-refractivity contribution is 6.71. The van der Waals surface area contributed by atoms with E-state index in [1.165, 1.54) is 30.3 Å². The Morgan fingerprint density at radius 1 is 0.643 bits per heavy atom. The third-order valence-corrected chi connectivity index (χ3v) is 12.1. The molecule has 0 atom stereocenters. The standard InChI is InChI=1S/C30H44N2O8Si2/c1-7-39-41(3,4)17-9-15-31-27(33)23-13-11-22(20-26(23)30(37)38)21-12-14-24(29(35)36)25(19-21)28(34)32-16-10-18-42(5,6)40-8-2/h11-14,19-20H,7-10,15-18H2,1-6H3,(H,31,33)(H,32,34)(H,35,36)(H,37,38). The Bertz CT molecular complexity index is 1280. The number of carbonyl (C=O) groups is 4. The number of rotatable bonds is 17. The summed E-state index contributed by atoms with van der Waals surface area (Å²) in [7, 11) is -3.60. The van der Waals surface area contributed by atoms with Crippen molar-refractivity contribution in [2.45, 2.75) is 65.0 Å². The van der Waals surface area contributed by atoms with Crippen LogP contribution in [0.15, 0.2) is 36.4 Å². The molecule has 0 aromatic heterocycles. The molecule has 2 rings (SSSR count). The first-order valence-electron chi connectivity index (χ1n) is 14.3. The maximum absolute atomic E-state index is 13.0. The van der Waals surface area contributed by atoms with Gasteiger partial charge in [-0.2, -0.15) is 0 Å². The van der Waals surface area contributed by atoms with E-state index in [-0.39, 0.29) is 22.3 Å². The number of benzene rings is 2. The van der Waals surface area contributed by atoms with Gasteiger partial charge >= 0.3 is 11.9 Å². The summed E-state index contributed by atoms with van der Waals surface area (Å²) in [5, 5.41) is 25.1. The quantitative estimate of drug-likeness (QED) is 0.135. The lowest BCUT2D eigenvalue weighted by molar-refractivity contribution is 0.0682. The third-order valence-electron chi connectivity index (χ3n) is 6.88. The molecule has 230 valence electrons. The highest BCUT2D eigenvalue weighted by atomic mass is 28.4. The van der Waals surface area contributed by atoms with E-state index in [1.807, 2.05) is 13.8 Å². The van der Waals surface area contributed by atoms with E-state index >= 15 is 0 Å². The Labute approximate surface area is 250 Å². The fourth-order valence-electron chi connectivity index (χ4n) is 4.75. The van der Waals surface area contributed by atoms with Crippen molar-refractivity contribution in [3.63, 3.8) is 0 Å². The number of hydrogen-bond donors (Lipinski definition) is 4. The van der Waals surface area contributed by atoms with E-state index < -0.39 is 40.4 Å². The van der Waals surface area contributed by atoms with Gasteiger partial charge in [0.05, 0.1) is 22.3 Å². The molecule has 2 amide bonds. The minimum atomic E-state index is -1.81. The van der Waals surface area contributed by atoms with Crippen molar-refractivity contribution < 1.29 is 38.2 Å². The fourth-order valence-corrected chi connectivity index (χ4v) is 8.65. The maximum atomic E-state index is 13.0. The number of carboxylic acid groups (broad SMARTS) is 2. The normalized spacial score (nSPS) is 11.7. The first-order valence-corrected chi connectivity index (χ1v) is 20.5. The summed E-state index contributed by atoms with van der Waals surface area (Å²) in [5.74, 6) is -3.55. The average Bonchev–Trinajstić information content (AvgIpc) is 2.92. The van der Waals surface area contributed by atoms with E-state index in [9.17, 15) is 29.4 Å². The van der Waals surface area contributed by atoms with Crippen LogP contribution in [-0.2, 0) is 8.85 Å². The smallest absolute Gasteiger partial charge is 0.336 e. The second kappa shape index (κ2) is 15.8. The molecule has 12 heteroatoms. The minimum Gasteiger partial charge on any atom is -0.478 e. The average molecular weight is 617 g/mol. The van der Waals surface area contributed by atoms with E-state index in [4.69, 9.17) is 8.85 Å². The summed E-state index contributed by atoms with van der Waals surface area (Å²) in [6.07, 6.45) is 1.42. The maximum Gasteiger partial charge on any atom is 0.336 e. The predicted octanol–water partition coefficient (Wildman–Crippen LogP) is 5.47. The van der Waals surface area contributed by atoms with Crippen LogP contribution in [0.5, 0.6) is 0 Å². The lowest BCUT2D eigenvalue weighted by Gasteiger charge is -2.21. The first-order chi connectivity index (χ1) is 19.7. The molecule has 0 saturated carbocycles. The molecule has 0 aliphatic heterocycles. The van der Waals surface area contributed by atoms with Crippen LogP contribution in [0.3, 0.4) is 0 Å². The van der Waals surface area contributed by atoms with Crippen molar-refractivity contribution in [3.8, 4) is 11.1 Å². The molecule has 4 N–H and O–H groups in total. The molecule has 42 heavy (non-hydrogen) atoms. The van der Waals surface area contributed by atoms with Gasteiger partial charge in [-0.25, -0.2) is 9.59 Å². The van der Waals surface area contributed by atoms with Crippen molar-refractivity contribution in [2.24, 2.45) is 0 Å². The van der Waals surface area contributed by atoms with Crippen molar-refractivity contribution in [1.29, 1.82) is 0 Å². The van der Waals surface area contributed by atoms with Crippen molar-refractivity contribution in [2.75, 3.05) is 26.3 Å². The highest BCUT2D eigenvalue weighted by Crippen LogP contribution is 2.26. The van der Waals surface area contributed by atoms with Crippen LogP contribution >= 0.6 is 0 Å². The summed E-state index contributed by atoms with van der Waals surface area (Å²) in [5.41, 5.74) is 0.523. The Morgan fingerprint density at radius 3 is 1.48 bits per heavy atom. The molecule has 0 bridgehead atoms. The zero-order valence-corrected chi connectivity index (χ0v) is 27.5. The molecule has 10 nitrogen and oxygen atoms in total. The van der Waals surface area contributed by atoms with Gasteiger partial charge in [0, 0.05) is 26.3 Å². The second-order valence-corrected chi connectivity index (χ2v) is 19.9. The molecule has 0 aliphatic carbocycles. The summed E-state index contributed by atoms with van der Waals surface area (Å²) >= 11 is 0. The topological polar surface area (TPSA) is 151 Å². The molecule has 0 saturated heterocycles. The third kappa shape index (κ3) is 10.5. The van der Waals surface area contributed by atoms with E-state index in [0.717, 1.165) is 18.5 Å². The van der Waals surface area contributed by atoms with Crippen molar-refractivity contribution in [3.05, 3.63) is 58.7 Å². The molecule has 0 radical (unpaired) electrons. The first kappa shape index (κ1) is 34.9. The molecular formula is C30H44N2O8Si2. The Balaban J connectivity index is 2.22. The minimum absolute atomic E-state index is 0.0196. The van der Waals surface area contributed by atoms with Gasteiger partial charge in [-0.1, -0.05) is 12.1 Å². The van der Waals surface area contributed by atoms with Gasteiger partial charge in [-0.15, -0.1) is 0 Å². The number of carboxylic acids is 2. The predicted molar refractivity (Wildman–Crippen MR) is 168 cm³/mol. The van der Waals surface area contributed by atoms with Crippen LogP contribution in [0.2, 0.25) is 38.3 Å². The fraction of sp³-hybridized carbons (Fsp3) is 0.467. The molecule has 0 fully saturated rings. The van der Waals surface area contributed by atoms with Crippen molar-refractivity contribution in [1.82, 2.24) is 10.6 Å². The number of nitrogens with one attached hydrogen (secondary N) is 2. The molecule has 2 aromatic rings. The van der Waals surface area contributed by atoms with E-state index in [1.54, 1.807) is 6.07 Å². The van der Waals surface area contributed by atoms with E-state index in [2.05, 4.69) is 36.8 Å². The number of carbonyl (C=O) groups excluding carboxylic acids is 2.